The Bertz CT molecular complexity index is 829. The first-order valence-corrected chi connectivity index (χ1v) is 8.13. The van der Waals surface area contributed by atoms with Gasteiger partial charge in [0.05, 0.1) is 6.54 Å². The van der Waals surface area contributed by atoms with Crippen LogP contribution in [0, 0.1) is 6.92 Å². The summed E-state index contributed by atoms with van der Waals surface area (Å²) in [7, 11) is 1.55. The average Bonchev–Trinajstić information content (AvgIpc) is 2.66. The van der Waals surface area contributed by atoms with Crippen molar-refractivity contribution in [3.05, 3.63) is 71.3 Å². The fourth-order valence-corrected chi connectivity index (χ4v) is 2.31. The molecule has 0 aliphatic rings. The predicted molar refractivity (Wildman–Crippen MR) is 102 cm³/mol. The number of rotatable bonds is 6. The van der Waals surface area contributed by atoms with E-state index in [1.807, 2.05) is 30.3 Å². The van der Waals surface area contributed by atoms with Gasteiger partial charge in [-0.15, -0.1) is 0 Å². The molecule has 26 heavy (non-hydrogen) atoms. The van der Waals surface area contributed by atoms with Crippen molar-refractivity contribution >= 4 is 29.5 Å². The third kappa shape index (κ3) is 5.31. The highest BCUT2D eigenvalue weighted by Crippen LogP contribution is 2.18. The second kappa shape index (κ2) is 9.17. The molecule has 134 valence electrons. The molecule has 3 N–H and O–H groups in total. The second-order valence-electron chi connectivity index (χ2n) is 5.57. The molecule has 3 amide bonds. The summed E-state index contributed by atoms with van der Waals surface area (Å²) in [6, 6.07) is 14.5. The molecule has 0 bridgehead atoms. The molecule has 0 heterocycles. The lowest BCUT2D eigenvalue weighted by molar-refractivity contribution is -0.121. The lowest BCUT2D eigenvalue weighted by atomic mass is 10.1. The maximum atomic E-state index is 12.0. The van der Waals surface area contributed by atoms with Crippen molar-refractivity contribution in [1.29, 1.82) is 0 Å². The van der Waals surface area contributed by atoms with Crippen LogP contribution in [0.15, 0.2) is 54.6 Å². The highest BCUT2D eigenvalue weighted by atomic mass is 16.2. The Kier molecular flexibility index (Phi) is 6.68. The molecule has 0 spiro atoms. The van der Waals surface area contributed by atoms with Crippen molar-refractivity contribution in [3.63, 3.8) is 0 Å². The average molecular weight is 351 g/mol. The smallest absolute Gasteiger partial charge is 0.251 e. The van der Waals surface area contributed by atoms with Crippen LogP contribution < -0.4 is 16.0 Å². The Balaban J connectivity index is 1.90. The predicted octanol–water partition coefficient (Wildman–Crippen LogP) is 2.12. The molecule has 0 saturated heterocycles. The van der Waals surface area contributed by atoms with Crippen LogP contribution in [-0.2, 0) is 9.59 Å². The standard InChI is InChI=1S/C20H21N3O3/c1-14-16(20(26)21-2)9-6-10-17(14)23-19(25)13-22-18(24)12-11-15-7-4-3-5-8-15/h3-12H,13H2,1-2H3,(H,21,26)(H,22,24)(H,23,25)/b12-11+. The quantitative estimate of drug-likeness (QED) is 0.697. The largest absolute Gasteiger partial charge is 0.355 e. The molecule has 0 unspecified atom stereocenters. The van der Waals surface area contributed by atoms with Crippen molar-refractivity contribution in [1.82, 2.24) is 10.6 Å². The van der Waals surface area contributed by atoms with E-state index in [0.717, 1.165) is 5.56 Å². The minimum Gasteiger partial charge on any atom is -0.355 e. The fourth-order valence-electron chi connectivity index (χ4n) is 2.31. The van der Waals surface area contributed by atoms with Gasteiger partial charge in [-0.3, -0.25) is 14.4 Å². The van der Waals surface area contributed by atoms with Gasteiger partial charge in [-0.25, -0.2) is 0 Å². The van der Waals surface area contributed by atoms with Crippen molar-refractivity contribution < 1.29 is 14.4 Å². The Morgan fingerprint density at radius 1 is 1.00 bits per heavy atom. The lowest BCUT2D eigenvalue weighted by Crippen LogP contribution is -2.32. The van der Waals surface area contributed by atoms with E-state index in [4.69, 9.17) is 0 Å². The Hall–Kier alpha value is -3.41. The van der Waals surface area contributed by atoms with Crippen LogP contribution in [0.2, 0.25) is 0 Å². The number of nitrogens with one attached hydrogen (secondary N) is 3. The van der Waals surface area contributed by atoms with Gasteiger partial charge in [0.25, 0.3) is 5.91 Å². The third-order valence-electron chi connectivity index (χ3n) is 3.73. The number of carbonyl (C=O) groups excluding carboxylic acids is 3. The maximum absolute atomic E-state index is 12.0. The van der Waals surface area contributed by atoms with E-state index in [9.17, 15) is 14.4 Å². The monoisotopic (exact) mass is 351 g/mol. The van der Waals surface area contributed by atoms with E-state index in [1.165, 1.54) is 6.08 Å². The Labute approximate surface area is 152 Å². The van der Waals surface area contributed by atoms with Crippen LogP contribution in [0.3, 0.4) is 0 Å². The summed E-state index contributed by atoms with van der Waals surface area (Å²) < 4.78 is 0. The van der Waals surface area contributed by atoms with Gasteiger partial charge in [0.1, 0.15) is 0 Å². The number of benzene rings is 2. The summed E-state index contributed by atoms with van der Waals surface area (Å²) in [6.07, 6.45) is 3.05. The number of amides is 3. The molecule has 0 saturated carbocycles. The molecule has 2 rings (SSSR count). The molecule has 0 atom stereocenters. The Morgan fingerprint density at radius 3 is 2.42 bits per heavy atom. The van der Waals surface area contributed by atoms with E-state index in [-0.39, 0.29) is 24.3 Å². The zero-order valence-corrected chi connectivity index (χ0v) is 14.7. The van der Waals surface area contributed by atoms with Crippen molar-refractivity contribution in [2.75, 3.05) is 18.9 Å². The molecule has 0 aliphatic carbocycles. The normalized spacial score (nSPS) is 10.4. The van der Waals surface area contributed by atoms with E-state index >= 15 is 0 Å². The first-order valence-electron chi connectivity index (χ1n) is 8.13. The summed E-state index contributed by atoms with van der Waals surface area (Å²) in [5, 5.41) is 7.78. The number of hydrogen-bond acceptors (Lipinski definition) is 3. The van der Waals surface area contributed by atoms with Gasteiger partial charge in [-0.1, -0.05) is 36.4 Å². The van der Waals surface area contributed by atoms with Crippen LogP contribution in [-0.4, -0.2) is 31.3 Å². The summed E-state index contributed by atoms with van der Waals surface area (Å²) >= 11 is 0. The van der Waals surface area contributed by atoms with Crippen LogP contribution in [0.1, 0.15) is 21.5 Å². The van der Waals surface area contributed by atoms with Gasteiger partial charge in [-0.05, 0) is 36.3 Å². The van der Waals surface area contributed by atoms with Crippen molar-refractivity contribution in [3.8, 4) is 0 Å². The molecule has 0 fully saturated rings. The maximum Gasteiger partial charge on any atom is 0.251 e. The fraction of sp³-hybridized carbons (Fsp3) is 0.150. The summed E-state index contributed by atoms with van der Waals surface area (Å²) in [4.78, 5) is 35.6. The molecule has 2 aromatic carbocycles. The van der Waals surface area contributed by atoms with Crippen molar-refractivity contribution in [2.45, 2.75) is 6.92 Å². The molecule has 0 aliphatic heterocycles. The van der Waals surface area contributed by atoms with Gasteiger partial charge in [-0.2, -0.15) is 0 Å². The molecule has 0 aromatic heterocycles. The lowest BCUT2D eigenvalue weighted by Gasteiger charge is -2.12. The van der Waals surface area contributed by atoms with Gasteiger partial charge < -0.3 is 16.0 Å². The molecule has 6 nitrogen and oxygen atoms in total. The summed E-state index contributed by atoms with van der Waals surface area (Å²) in [5.74, 6) is -0.957. The van der Waals surface area contributed by atoms with E-state index in [1.54, 1.807) is 38.2 Å². The number of carbonyl (C=O) groups is 3. The van der Waals surface area contributed by atoms with Gasteiger partial charge in [0.15, 0.2) is 0 Å². The first kappa shape index (κ1) is 18.9. The second-order valence-corrected chi connectivity index (χ2v) is 5.57. The van der Waals surface area contributed by atoms with Crippen LogP contribution in [0.5, 0.6) is 0 Å². The Morgan fingerprint density at radius 2 is 1.73 bits per heavy atom. The SMILES string of the molecule is CNC(=O)c1cccc(NC(=O)CNC(=O)/C=C/c2ccccc2)c1C. The zero-order valence-electron chi connectivity index (χ0n) is 14.7. The number of anilines is 1. The number of hydrogen-bond donors (Lipinski definition) is 3. The molecular weight excluding hydrogens is 330 g/mol. The zero-order chi connectivity index (χ0) is 18.9. The third-order valence-corrected chi connectivity index (χ3v) is 3.73. The van der Waals surface area contributed by atoms with Gasteiger partial charge in [0, 0.05) is 24.4 Å². The minimum absolute atomic E-state index is 0.165. The van der Waals surface area contributed by atoms with Crippen LogP contribution in [0.4, 0.5) is 5.69 Å². The van der Waals surface area contributed by atoms with Crippen LogP contribution >= 0.6 is 0 Å². The molecule has 2 aromatic rings. The molecule has 6 heteroatoms. The highest BCUT2D eigenvalue weighted by molar-refractivity contribution is 6.01. The highest BCUT2D eigenvalue weighted by Gasteiger charge is 2.12. The van der Waals surface area contributed by atoms with Crippen molar-refractivity contribution in [2.24, 2.45) is 0 Å². The summed E-state index contributed by atoms with van der Waals surface area (Å²) in [6.45, 7) is 1.59. The van der Waals surface area contributed by atoms with E-state index in [0.29, 0.717) is 16.8 Å². The first-order chi connectivity index (χ1) is 12.5. The molecular formula is C20H21N3O3. The van der Waals surface area contributed by atoms with E-state index in [2.05, 4.69) is 16.0 Å². The topological polar surface area (TPSA) is 87.3 Å². The van der Waals surface area contributed by atoms with Gasteiger partial charge >= 0.3 is 0 Å². The molecule has 0 radical (unpaired) electrons. The van der Waals surface area contributed by atoms with Crippen LogP contribution in [0.25, 0.3) is 6.08 Å². The van der Waals surface area contributed by atoms with E-state index < -0.39 is 0 Å². The minimum atomic E-state index is -0.372. The van der Waals surface area contributed by atoms with Gasteiger partial charge in [0.2, 0.25) is 11.8 Å². The summed E-state index contributed by atoms with van der Waals surface area (Å²) in [5.41, 5.74) is 2.58.